The molecular formula is C18H17N. The molecule has 1 heterocycles. The van der Waals surface area contributed by atoms with E-state index in [9.17, 15) is 0 Å². The molecule has 1 saturated heterocycles. The van der Waals surface area contributed by atoms with Crippen LogP contribution in [0.2, 0.25) is 0 Å². The molecule has 4 aliphatic rings. The van der Waals surface area contributed by atoms with E-state index in [1.807, 2.05) is 0 Å². The minimum atomic E-state index is 0.623. The summed E-state index contributed by atoms with van der Waals surface area (Å²) in [5, 5.41) is 3.63. The van der Waals surface area contributed by atoms with Crippen LogP contribution in [0.15, 0.2) is 48.5 Å². The van der Waals surface area contributed by atoms with Gasteiger partial charge in [0.2, 0.25) is 0 Å². The molecule has 1 aliphatic heterocycles. The molecule has 2 aromatic rings. The zero-order valence-electron chi connectivity index (χ0n) is 10.8. The van der Waals surface area contributed by atoms with E-state index >= 15 is 0 Å². The molecule has 2 aromatic carbocycles. The average Bonchev–Trinajstić information content (AvgIpc) is 2.96. The van der Waals surface area contributed by atoms with E-state index < -0.39 is 0 Å². The molecule has 0 amide bonds. The fourth-order valence-electron chi connectivity index (χ4n) is 4.86. The molecule has 2 atom stereocenters. The van der Waals surface area contributed by atoms with Crippen molar-refractivity contribution in [1.29, 1.82) is 0 Å². The first-order chi connectivity index (χ1) is 9.45. The third-order valence-electron chi connectivity index (χ3n) is 5.50. The Morgan fingerprint density at radius 3 is 1.37 bits per heavy atom. The smallest absolute Gasteiger partial charge is 0.0139 e. The van der Waals surface area contributed by atoms with Crippen LogP contribution in [0.25, 0.3) is 0 Å². The van der Waals surface area contributed by atoms with Gasteiger partial charge >= 0.3 is 0 Å². The van der Waals surface area contributed by atoms with Gasteiger partial charge in [-0.1, -0.05) is 48.5 Å². The molecule has 3 aliphatic carbocycles. The maximum Gasteiger partial charge on any atom is 0.0139 e. The van der Waals surface area contributed by atoms with Gasteiger partial charge in [0.25, 0.3) is 0 Å². The molecule has 1 heteroatoms. The summed E-state index contributed by atoms with van der Waals surface area (Å²) in [6.07, 6.45) is 0. The summed E-state index contributed by atoms with van der Waals surface area (Å²) in [4.78, 5) is 0. The fourth-order valence-corrected chi connectivity index (χ4v) is 4.86. The fraction of sp³-hybridized carbons (Fsp3) is 0.333. The van der Waals surface area contributed by atoms with E-state index in [4.69, 9.17) is 0 Å². The molecule has 1 fully saturated rings. The van der Waals surface area contributed by atoms with Crippen LogP contribution in [0.4, 0.5) is 0 Å². The minimum absolute atomic E-state index is 0.623. The van der Waals surface area contributed by atoms with E-state index in [0.717, 1.165) is 11.8 Å². The Hall–Kier alpha value is -1.60. The molecule has 0 spiro atoms. The predicted octanol–water partition coefficient (Wildman–Crippen LogP) is 3.11. The van der Waals surface area contributed by atoms with Crippen LogP contribution >= 0.6 is 0 Å². The molecule has 19 heavy (non-hydrogen) atoms. The summed E-state index contributed by atoms with van der Waals surface area (Å²) in [5.41, 5.74) is 6.37. The number of hydrogen-bond acceptors (Lipinski definition) is 1. The number of rotatable bonds is 0. The molecule has 1 nitrogen and oxygen atoms in total. The van der Waals surface area contributed by atoms with Crippen molar-refractivity contribution in [3.63, 3.8) is 0 Å². The quantitative estimate of drug-likeness (QED) is 0.754. The Morgan fingerprint density at radius 1 is 0.632 bits per heavy atom. The van der Waals surface area contributed by atoms with Gasteiger partial charge in [0, 0.05) is 11.8 Å². The highest BCUT2D eigenvalue weighted by Crippen LogP contribution is 2.58. The molecule has 0 unspecified atom stereocenters. The van der Waals surface area contributed by atoms with Gasteiger partial charge in [-0.05, 0) is 47.2 Å². The van der Waals surface area contributed by atoms with Crippen LogP contribution in [0.5, 0.6) is 0 Å². The van der Waals surface area contributed by atoms with Crippen molar-refractivity contribution in [2.45, 2.75) is 11.8 Å². The second kappa shape index (κ2) is 3.49. The third kappa shape index (κ3) is 1.15. The van der Waals surface area contributed by atoms with Gasteiger partial charge in [-0.2, -0.15) is 0 Å². The Bertz CT molecular complexity index is 557. The van der Waals surface area contributed by atoms with Gasteiger partial charge < -0.3 is 5.32 Å². The van der Waals surface area contributed by atoms with Crippen molar-refractivity contribution >= 4 is 0 Å². The zero-order valence-corrected chi connectivity index (χ0v) is 10.8. The summed E-state index contributed by atoms with van der Waals surface area (Å²) in [5.74, 6) is 2.85. The summed E-state index contributed by atoms with van der Waals surface area (Å²) in [6.45, 7) is 2.38. The first-order valence-electron chi connectivity index (χ1n) is 7.33. The Kier molecular flexibility index (Phi) is 1.88. The summed E-state index contributed by atoms with van der Waals surface area (Å²) < 4.78 is 0. The summed E-state index contributed by atoms with van der Waals surface area (Å²) in [6, 6.07) is 18.3. The van der Waals surface area contributed by atoms with Crippen LogP contribution in [0.3, 0.4) is 0 Å². The minimum Gasteiger partial charge on any atom is -0.316 e. The molecule has 0 radical (unpaired) electrons. The van der Waals surface area contributed by atoms with Crippen LogP contribution in [0.1, 0.15) is 34.1 Å². The van der Waals surface area contributed by atoms with E-state index in [1.54, 1.807) is 22.3 Å². The van der Waals surface area contributed by atoms with Gasteiger partial charge in [-0.3, -0.25) is 0 Å². The van der Waals surface area contributed by atoms with Crippen molar-refractivity contribution < 1.29 is 0 Å². The number of benzene rings is 2. The first kappa shape index (κ1) is 10.2. The van der Waals surface area contributed by atoms with Crippen LogP contribution in [-0.2, 0) is 0 Å². The monoisotopic (exact) mass is 247 g/mol. The largest absolute Gasteiger partial charge is 0.316 e. The Labute approximate surface area is 113 Å². The molecule has 1 N–H and O–H groups in total. The predicted molar refractivity (Wildman–Crippen MR) is 76.4 cm³/mol. The van der Waals surface area contributed by atoms with Crippen molar-refractivity contribution in [3.05, 3.63) is 70.8 Å². The summed E-state index contributed by atoms with van der Waals surface area (Å²) >= 11 is 0. The van der Waals surface area contributed by atoms with Crippen molar-refractivity contribution in [2.75, 3.05) is 13.1 Å². The topological polar surface area (TPSA) is 12.0 Å². The Balaban J connectivity index is 1.85. The lowest BCUT2D eigenvalue weighted by Gasteiger charge is -2.48. The highest BCUT2D eigenvalue weighted by atomic mass is 14.9. The normalized spacial score (nSPS) is 33.7. The molecular weight excluding hydrogens is 230 g/mol. The lowest BCUT2D eigenvalue weighted by molar-refractivity contribution is 0.294. The van der Waals surface area contributed by atoms with E-state index in [0.29, 0.717) is 11.8 Å². The maximum absolute atomic E-state index is 3.63. The molecule has 0 saturated carbocycles. The van der Waals surface area contributed by atoms with Gasteiger partial charge in [-0.25, -0.2) is 0 Å². The van der Waals surface area contributed by atoms with Gasteiger partial charge in [-0.15, -0.1) is 0 Å². The van der Waals surface area contributed by atoms with Crippen LogP contribution in [-0.4, -0.2) is 13.1 Å². The maximum atomic E-state index is 3.63. The number of hydrogen-bond donors (Lipinski definition) is 1. The van der Waals surface area contributed by atoms with E-state index in [2.05, 4.69) is 53.8 Å². The highest BCUT2D eigenvalue weighted by Gasteiger charge is 2.50. The molecule has 94 valence electrons. The zero-order chi connectivity index (χ0) is 12.4. The van der Waals surface area contributed by atoms with Crippen LogP contribution < -0.4 is 5.32 Å². The van der Waals surface area contributed by atoms with Gasteiger partial charge in [0.15, 0.2) is 0 Å². The van der Waals surface area contributed by atoms with Gasteiger partial charge in [0.05, 0.1) is 0 Å². The molecule has 2 bridgehead atoms. The second-order valence-corrected chi connectivity index (χ2v) is 6.20. The second-order valence-electron chi connectivity index (χ2n) is 6.20. The van der Waals surface area contributed by atoms with Crippen molar-refractivity contribution in [1.82, 2.24) is 5.32 Å². The van der Waals surface area contributed by atoms with Crippen LogP contribution in [0, 0.1) is 11.8 Å². The number of nitrogens with one attached hydrogen (secondary N) is 1. The van der Waals surface area contributed by atoms with Crippen molar-refractivity contribution in [2.24, 2.45) is 11.8 Å². The van der Waals surface area contributed by atoms with Gasteiger partial charge in [0.1, 0.15) is 0 Å². The standard InChI is InChI=1S/C18H17N/c1-2-6-12-11(5-1)17-13-7-3-4-8-14(13)18(12)16-10-19-9-15(16)17/h1-8,15-19H,9-10H2/t15-,16+,17?,18?. The van der Waals surface area contributed by atoms with E-state index in [1.165, 1.54) is 13.1 Å². The highest BCUT2D eigenvalue weighted by molar-refractivity contribution is 5.57. The average molecular weight is 247 g/mol. The van der Waals surface area contributed by atoms with E-state index in [-0.39, 0.29) is 0 Å². The molecule has 6 rings (SSSR count). The lowest BCUT2D eigenvalue weighted by Crippen LogP contribution is -2.39. The summed E-state index contributed by atoms with van der Waals surface area (Å²) in [7, 11) is 0. The third-order valence-corrected chi connectivity index (χ3v) is 5.50. The SMILES string of the molecule is c1ccc2c(c1)C1c3ccccc3C2[C@@H]2CNC[C@H]12. The molecule has 0 aromatic heterocycles. The lowest BCUT2D eigenvalue weighted by atomic mass is 9.55. The first-order valence-corrected chi connectivity index (χ1v) is 7.33. The van der Waals surface area contributed by atoms with Crippen molar-refractivity contribution in [3.8, 4) is 0 Å². The Morgan fingerprint density at radius 2 is 1.00 bits per heavy atom.